The number of benzene rings is 1. The molecule has 0 saturated carbocycles. The molecule has 1 aromatic carbocycles. The first-order valence-electron chi connectivity index (χ1n) is 7.29. The van der Waals surface area contributed by atoms with Crippen molar-refractivity contribution in [3.63, 3.8) is 0 Å². The number of nitrogens with two attached hydrogens (primary N) is 1. The van der Waals surface area contributed by atoms with Crippen molar-refractivity contribution < 1.29 is 0 Å². The summed E-state index contributed by atoms with van der Waals surface area (Å²) >= 11 is 0. The minimum atomic E-state index is 0. The van der Waals surface area contributed by atoms with Crippen molar-refractivity contribution in [1.29, 1.82) is 0 Å². The molecule has 0 radical (unpaired) electrons. The van der Waals surface area contributed by atoms with E-state index in [1.165, 1.54) is 5.56 Å². The van der Waals surface area contributed by atoms with E-state index in [4.69, 9.17) is 5.73 Å². The summed E-state index contributed by atoms with van der Waals surface area (Å²) in [6.45, 7) is 5.60. The van der Waals surface area contributed by atoms with Crippen molar-refractivity contribution in [3.05, 3.63) is 42.1 Å². The Morgan fingerprint density at radius 1 is 1.05 bits per heavy atom. The Morgan fingerprint density at radius 2 is 1.73 bits per heavy atom. The van der Waals surface area contributed by atoms with E-state index in [1.54, 1.807) is 6.20 Å². The fourth-order valence-corrected chi connectivity index (χ4v) is 2.58. The second-order valence-electron chi connectivity index (χ2n) is 5.58. The number of piperazine rings is 1. The molecule has 0 atom stereocenters. The van der Waals surface area contributed by atoms with Crippen molar-refractivity contribution in [1.82, 2.24) is 19.8 Å². The third-order valence-electron chi connectivity index (χ3n) is 3.93. The van der Waals surface area contributed by atoms with Crippen LogP contribution in [0.2, 0.25) is 0 Å². The standard InChI is InChI=1S/C16H21N5.ClH/c1-20-8-10-21(11-9-20)12-13-2-4-14(5-3-13)15-6-7-18-16(17)19-15;/h2-7H,8-12H2,1H3,(H2,17,18,19);1H. The molecule has 1 fully saturated rings. The van der Waals surface area contributed by atoms with Crippen molar-refractivity contribution >= 4 is 18.4 Å². The highest BCUT2D eigenvalue weighted by molar-refractivity contribution is 5.85. The molecular weight excluding hydrogens is 298 g/mol. The van der Waals surface area contributed by atoms with Crippen molar-refractivity contribution in [2.24, 2.45) is 0 Å². The molecule has 0 bridgehead atoms. The van der Waals surface area contributed by atoms with Crippen LogP contribution in [0, 0.1) is 0 Å². The van der Waals surface area contributed by atoms with Gasteiger partial charge in [0.2, 0.25) is 5.95 Å². The summed E-state index contributed by atoms with van der Waals surface area (Å²) in [6, 6.07) is 10.4. The predicted octanol–water partition coefficient (Wildman–Crippen LogP) is 1.90. The molecule has 2 heterocycles. The Kier molecular flexibility index (Phi) is 5.71. The SMILES string of the molecule is CN1CCN(Cc2ccc(-c3ccnc(N)n3)cc2)CC1.Cl. The zero-order chi connectivity index (χ0) is 14.7. The lowest BCUT2D eigenvalue weighted by atomic mass is 10.1. The number of likely N-dealkylation sites (N-methyl/N-ethyl adjacent to an activating group) is 1. The lowest BCUT2D eigenvalue weighted by Crippen LogP contribution is -2.43. The van der Waals surface area contributed by atoms with Gasteiger partial charge in [0.1, 0.15) is 0 Å². The number of rotatable bonds is 3. The highest BCUT2D eigenvalue weighted by Crippen LogP contribution is 2.18. The third kappa shape index (κ3) is 4.16. The van der Waals surface area contributed by atoms with Gasteiger partial charge in [-0.2, -0.15) is 0 Å². The fraction of sp³-hybridized carbons (Fsp3) is 0.375. The molecule has 1 aromatic heterocycles. The second kappa shape index (κ2) is 7.54. The Balaban J connectivity index is 0.00000176. The van der Waals surface area contributed by atoms with Gasteiger partial charge in [0, 0.05) is 44.5 Å². The maximum Gasteiger partial charge on any atom is 0.220 e. The van der Waals surface area contributed by atoms with Crippen LogP contribution >= 0.6 is 12.4 Å². The first-order valence-corrected chi connectivity index (χ1v) is 7.29. The predicted molar refractivity (Wildman–Crippen MR) is 91.9 cm³/mol. The summed E-state index contributed by atoms with van der Waals surface area (Å²) in [6.07, 6.45) is 1.69. The minimum Gasteiger partial charge on any atom is -0.368 e. The van der Waals surface area contributed by atoms with Crippen LogP contribution in [0.15, 0.2) is 36.5 Å². The molecule has 2 aromatic rings. The summed E-state index contributed by atoms with van der Waals surface area (Å²) in [5.41, 5.74) is 8.91. The monoisotopic (exact) mass is 319 g/mol. The highest BCUT2D eigenvalue weighted by atomic mass is 35.5. The first-order chi connectivity index (χ1) is 10.2. The summed E-state index contributed by atoms with van der Waals surface area (Å²) in [5, 5.41) is 0. The molecular formula is C16H22ClN5. The van der Waals surface area contributed by atoms with Gasteiger partial charge in [-0.05, 0) is 18.7 Å². The van der Waals surface area contributed by atoms with Gasteiger partial charge in [-0.25, -0.2) is 9.97 Å². The average molecular weight is 320 g/mol. The Hall–Kier alpha value is -1.69. The van der Waals surface area contributed by atoms with Gasteiger partial charge in [-0.1, -0.05) is 24.3 Å². The number of nitrogen functional groups attached to an aromatic ring is 1. The molecule has 1 saturated heterocycles. The molecule has 1 aliphatic rings. The summed E-state index contributed by atoms with van der Waals surface area (Å²) < 4.78 is 0. The van der Waals surface area contributed by atoms with Crippen LogP contribution in [0.3, 0.4) is 0 Å². The molecule has 5 nitrogen and oxygen atoms in total. The van der Waals surface area contributed by atoms with Crippen LogP contribution in [0.25, 0.3) is 11.3 Å². The number of hydrogen-bond acceptors (Lipinski definition) is 5. The van der Waals surface area contributed by atoms with E-state index < -0.39 is 0 Å². The Morgan fingerprint density at radius 3 is 2.36 bits per heavy atom. The third-order valence-corrected chi connectivity index (χ3v) is 3.93. The number of hydrogen-bond donors (Lipinski definition) is 1. The van der Waals surface area contributed by atoms with E-state index >= 15 is 0 Å². The average Bonchev–Trinajstić information content (AvgIpc) is 2.50. The quantitative estimate of drug-likeness (QED) is 0.936. The summed E-state index contributed by atoms with van der Waals surface area (Å²) in [7, 11) is 2.18. The lowest BCUT2D eigenvalue weighted by Gasteiger charge is -2.32. The zero-order valence-electron chi connectivity index (χ0n) is 12.8. The Labute approximate surface area is 137 Å². The molecule has 1 aliphatic heterocycles. The number of nitrogens with zero attached hydrogens (tertiary/aromatic N) is 4. The molecule has 0 spiro atoms. The molecule has 22 heavy (non-hydrogen) atoms. The van der Waals surface area contributed by atoms with Gasteiger partial charge in [0.25, 0.3) is 0 Å². The van der Waals surface area contributed by atoms with E-state index in [2.05, 4.69) is 51.1 Å². The summed E-state index contributed by atoms with van der Waals surface area (Å²) in [4.78, 5) is 13.0. The zero-order valence-corrected chi connectivity index (χ0v) is 13.6. The van der Waals surface area contributed by atoms with E-state index in [9.17, 15) is 0 Å². The number of anilines is 1. The van der Waals surface area contributed by atoms with Crippen LogP contribution in [0.1, 0.15) is 5.56 Å². The van der Waals surface area contributed by atoms with E-state index in [1.807, 2.05) is 6.07 Å². The van der Waals surface area contributed by atoms with Crippen LogP contribution in [-0.2, 0) is 6.54 Å². The molecule has 3 rings (SSSR count). The van der Waals surface area contributed by atoms with E-state index in [0.29, 0.717) is 5.95 Å². The van der Waals surface area contributed by atoms with Gasteiger partial charge in [-0.3, -0.25) is 4.90 Å². The smallest absolute Gasteiger partial charge is 0.220 e. The molecule has 6 heteroatoms. The molecule has 2 N–H and O–H groups in total. The largest absolute Gasteiger partial charge is 0.368 e. The van der Waals surface area contributed by atoms with Crippen molar-refractivity contribution in [3.8, 4) is 11.3 Å². The molecule has 0 unspecified atom stereocenters. The molecule has 0 amide bonds. The maximum atomic E-state index is 5.63. The minimum absolute atomic E-state index is 0. The lowest BCUT2D eigenvalue weighted by molar-refractivity contribution is 0.148. The number of halogens is 1. The van der Waals surface area contributed by atoms with Crippen LogP contribution in [-0.4, -0.2) is 53.0 Å². The Bertz CT molecular complexity index is 594. The van der Waals surface area contributed by atoms with Gasteiger partial charge in [0.15, 0.2) is 0 Å². The van der Waals surface area contributed by atoms with Gasteiger partial charge in [0.05, 0.1) is 5.69 Å². The first kappa shape index (κ1) is 16.7. The van der Waals surface area contributed by atoms with Crippen LogP contribution < -0.4 is 5.73 Å². The van der Waals surface area contributed by atoms with Crippen molar-refractivity contribution in [2.75, 3.05) is 39.0 Å². The second-order valence-corrected chi connectivity index (χ2v) is 5.58. The fourth-order valence-electron chi connectivity index (χ4n) is 2.58. The van der Waals surface area contributed by atoms with Gasteiger partial charge in [-0.15, -0.1) is 12.4 Å². The highest BCUT2D eigenvalue weighted by Gasteiger charge is 2.13. The number of aromatic nitrogens is 2. The maximum absolute atomic E-state index is 5.63. The van der Waals surface area contributed by atoms with Crippen LogP contribution in [0.4, 0.5) is 5.95 Å². The van der Waals surface area contributed by atoms with Gasteiger partial charge < -0.3 is 10.6 Å². The van der Waals surface area contributed by atoms with E-state index in [0.717, 1.165) is 44.0 Å². The normalized spacial score (nSPS) is 16.2. The summed E-state index contributed by atoms with van der Waals surface area (Å²) in [5.74, 6) is 0.314. The van der Waals surface area contributed by atoms with Crippen LogP contribution in [0.5, 0.6) is 0 Å². The van der Waals surface area contributed by atoms with E-state index in [-0.39, 0.29) is 12.4 Å². The molecule has 0 aliphatic carbocycles. The molecule has 118 valence electrons. The topological polar surface area (TPSA) is 58.3 Å². The van der Waals surface area contributed by atoms with Crippen molar-refractivity contribution in [2.45, 2.75) is 6.54 Å². The van der Waals surface area contributed by atoms with Gasteiger partial charge >= 0.3 is 0 Å².